The molecule has 2 heterocycles. The first-order valence-corrected chi connectivity index (χ1v) is 10.8. The molecule has 6 unspecified atom stereocenters. The van der Waals surface area contributed by atoms with Gasteiger partial charge < -0.3 is 18.9 Å². The third-order valence-corrected chi connectivity index (χ3v) is 6.35. The van der Waals surface area contributed by atoms with E-state index in [9.17, 15) is 14.4 Å². The molecule has 0 radical (unpaired) electrons. The van der Waals surface area contributed by atoms with E-state index in [0.717, 1.165) is 18.4 Å². The van der Waals surface area contributed by atoms with Crippen LogP contribution in [0.4, 0.5) is 0 Å². The zero-order valence-electron chi connectivity index (χ0n) is 18.9. The summed E-state index contributed by atoms with van der Waals surface area (Å²) in [5.41, 5.74) is 1.72. The summed E-state index contributed by atoms with van der Waals surface area (Å²) in [5.74, 6) is -1.88. The van der Waals surface area contributed by atoms with E-state index in [-0.39, 0.29) is 5.57 Å². The van der Waals surface area contributed by atoms with Crippen molar-refractivity contribution >= 4 is 17.9 Å². The summed E-state index contributed by atoms with van der Waals surface area (Å²) in [4.78, 5) is 36.0. The van der Waals surface area contributed by atoms with Crippen LogP contribution in [0.15, 0.2) is 35.5 Å². The van der Waals surface area contributed by atoms with Gasteiger partial charge >= 0.3 is 17.9 Å². The number of carbonyl (C=O) groups is 3. The van der Waals surface area contributed by atoms with Crippen molar-refractivity contribution in [2.24, 2.45) is 5.92 Å². The van der Waals surface area contributed by atoms with Gasteiger partial charge in [0.05, 0.1) is 5.92 Å². The van der Waals surface area contributed by atoms with Gasteiger partial charge in [0.25, 0.3) is 0 Å². The van der Waals surface area contributed by atoms with Gasteiger partial charge in [-0.2, -0.15) is 0 Å². The lowest BCUT2D eigenvalue weighted by Crippen LogP contribution is -2.41. The summed E-state index contributed by atoms with van der Waals surface area (Å²) in [6, 6.07) is 0. The number of carbonyl (C=O) groups excluding carboxylic acids is 3. The Bertz CT molecular complexity index is 839. The molecule has 0 aromatic carbocycles. The van der Waals surface area contributed by atoms with Gasteiger partial charge in [0.15, 0.2) is 0 Å². The lowest BCUT2D eigenvalue weighted by Gasteiger charge is -2.28. The Morgan fingerprint density at radius 1 is 1.13 bits per heavy atom. The SMILES string of the molecule is C=C1C(=O)OC2C1C(OC(C)=O)CC(C)=CCCC(C)=CCC(OC(C)=O)C1(C)OC21. The van der Waals surface area contributed by atoms with Crippen LogP contribution in [0.5, 0.6) is 0 Å². The number of esters is 3. The molecule has 170 valence electrons. The highest BCUT2D eigenvalue weighted by Crippen LogP contribution is 2.50. The Balaban J connectivity index is 2.00. The molecule has 3 aliphatic rings. The van der Waals surface area contributed by atoms with Crippen molar-refractivity contribution in [2.45, 2.75) is 90.3 Å². The van der Waals surface area contributed by atoms with E-state index in [1.165, 1.54) is 19.4 Å². The summed E-state index contributed by atoms with van der Waals surface area (Å²) in [7, 11) is 0. The molecule has 31 heavy (non-hydrogen) atoms. The number of epoxide rings is 1. The second-order valence-corrected chi connectivity index (χ2v) is 8.97. The van der Waals surface area contributed by atoms with Crippen molar-refractivity contribution in [3.05, 3.63) is 35.5 Å². The number of fused-ring (bicyclic) bond motifs is 3. The maximum absolute atomic E-state index is 12.4. The molecular formula is C24H32O7. The Hall–Kier alpha value is -2.41. The molecule has 0 saturated carbocycles. The number of rotatable bonds is 2. The molecule has 0 spiro atoms. The Morgan fingerprint density at radius 3 is 2.45 bits per heavy atom. The van der Waals surface area contributed by atoms with Crippen molar-refractivity contribution in [1.29, 1.82) is 0 Å². The zero-order valence-corrected chi connectivity index (χ0v) is 18.9. The predicted molar refractivity (Wildman–Crippen MR) is 113 cm³/mol. The van der Waals surface area contributed by atoms with Crippen molar-refractivity contribution in [3.8, 4) is 0 Å². The third kappa shape index (κ3) is 5.09. The molecule has 0 bridgehead atoms. The maximum atomic E-state index is 12.4. The molecule has 3 rings (SSSR count). The normalized spacial score (nSPS) is 36.1. The molecule has 2 aliphatic heterocycles. The van der Waals surface area contributed by atoms with Crippen molar-refractivity contribution in [3.63, 3.8) is 0 Å². The maximum Gasteiger partial charge on any atom is 0.334 e. The zero-order chi connectivity index (χ0) is 22.9. The molecular weight excluding hydrogens is 400 g/mol. The lowest BCUT2D eigenvalue weighted by molar-refractivity contribution is -0.151. The number of allylic oxidation sites excluding steroid dienone is 2. The van der Waals surface area contributed by atoms with E-state index in [0.29, 0.717) is 12.8 Å². The fourth-order valence-electron chi connectivity index (χ4n) is 4.60. The molecule has 1 aliphatic carbocycles. The fourth-order valence-corrected chi connectivity index (χ4v) is 4.60. The monoisotopic (exact) mass is 432 g/mol. The molecule has 6 atom stereocenters. The summed E-state index contributed by atoms with van der Waals surface area (Å²) in [5, 5.41) is 0. The van der Waals surface area contributed by atoms with Gasteiger partial charge in [-0.3, -0.25) is 9.59 Å². The molecule has 2 fully saturated rings. The van der Waals surface area contributed by atoms with Gasteiger partial charge in [0.2, 0.25) is 0 Å². The topological polar surface area (TPSA) is 91.4 Å². The van der Waals surface area contributed by atoms with E-state index in [1.54, 1.807) is 0 Å². The van der Waals surface area contributed by atoms with Crippen LogP contribution in [0, 0.1) is 5.92 Å². The van der Waals surface area contributed by atoms with Gasteiger partial charge in [0.1, 0.15) is 30.0 Å². The third-order valence-electron chi connectivity index (χ3n) is 6.35. The van der Waals surface area contributed by atoms with Crippen molar-refractivity contribution in [2.75, 3.05) is 0 Å². The summed E-state index contributed by atoms with van der Waals surface area (Å²) in [6.45, 7) is 12.5. The second-order valence-electron chi connectivity index (χ2n) is 8.97. The Labute approximate surface area is 183 Å². The molecule has 0 aromatic rings. The van der Waals surface area contributed by atoms with Crippen LogP contribution < -0.4 is 0 Å². The first kappa shape index (κ1) is 23.3. The molecule has 2 saturated heterocycles. The highest BCUT2D eigenvalue weighted by molar-refractivity contribution is 5.91. The fraction of sp³-hybridized carbons (Fsp3) is 0.625. The van der Waals surface area contributed by atoms with Crippen molar-refractivity contribution in [1.82, 2.24) is 0 Å². The number of hydrogen-bond donors (Lipinski definition) is 0. The lowest BCUT2D eigenvalue weighted by atomic mass is 9.82. The van der Waals surface area contributed by atoms with Gasteiger partial charge in [-0.1, -0.05) is 29.9 Å². The molecule has 0 N–H and O–H groups in total. The van der Waals surface area contributed by atoms with E-state index >= 15 is 0 Å². The highest BCUT2D eigenvalue weighted by Gasteiger charge is 2.67. The van der Waals surface area contributed by atoms with Crippen molar-refractivity contribution < 1.29 is 33.3 Å². The smallest absolute Gasteiger partial charge is 0.334 e. The molecule has 7 nitrogen and oxygen atoms in total. The second kappa shape index (κ2) is 8.99. The minimum Gasteiger partial charge on any atom is -0.461 e. The minimum atomic E-state index is -0.813. The first-order valence-electron chi connectivity index (χ1n) is 10.8. The van der Waals surface area contributed by atoms with Crippen LogP contribution in [0.2, 0.25) is 0 Å². The average molecular weight is 433 g/mol. The van der Waals surface area contributed by atoms with Crippen LogP contribution in [0.25, 0.3) is 0 Å². The van der Waals surface area contributed by atoms with Gasteiger partial charge in [-0.15, -0.1) is 0 Å². The molecule has 0 aromatic heterocycles. The predicted octanol–water partition coefficient (Wildman–Crippen LogP) is 3.57. The van der Waals surface area contributed by atoms with Crippen LogP contribution >= 0.6 is 0 Å². The van der Waals surface area contributed by atoms with Gasteiger partial charge in [0, 0.05) is 32.3 Å². The van der Waals surface area contributed by atoms with E-state index in [2.05, 4.69) is 18.7 Å². The summed E-state index contributed by atoms with van der Waals surface area (Å²) in [6.07, 6.45) is 4.57. The largest absolute Gasteiger partial charge is 0.461 e. The van der Waals surface area contributed by atoms with Crippen LogP contribution in [-0.2, 0) is 33.3 Å². The summed E-state index contributed by atoms with van der Waals surface area (Å²) >= 11 is 0. The highest BCUT2D eigenvalue weighted by atomic mass is 16.7. The van der Waals surface area contributed by atoms with Crippen LogP contribution in [0.3, 0.4) is 0 Å². The van der Waals surface area contributed by atoms with E-state index in [1.807, 2.05) is 20.8 Å². The van der Waals surface area contributed by atoms with E-state index < -0.39 is 53.8 Å². The quantitative estimate of drug-likeness (QED) is 0.217. The van der Waals surface area contributed by atoms with Crippen LogP contribution in [-0.4, -0.2) is 47.9 Å². The Kier molecular flexibility index (Phi) is 6.74. The van der Waals surface area contributed by atoms with Gasteiger partial charge in [-0.05, 0) is 33.6 Å². The molecule has 7 heteroatoms. The number of ether oxygens (including phenoxy) is 4. The standard InChI is InChI=1S/C24H32O7/c1-13-8-7-9-14(2)12-18(28-16(4)25)20-15(3)23(27)30-21(20)22-24(6,31-22)19(11-10-13)29-17(5)26/h9-10,18-22H,3,7-8,11-12H2,1-2,4-6H3. The first-order chi connectivity index (χ1) is 14.5. The Morgan fingerprint density at radius 2 is 1.81 bits per heavy atom. The van der Waals surface area contributed by atoms with E-state index in [4.69, 9.17) is 18.9 Å². The molecule has 0 amide bonds. The minimum absolute atomic E-state index is 0.272. The summed E-state index contributed by atoms with van der Waals surface area (Å²) < 4.78 is 22.9. The number of hydrogen-bond acceptors (Lipinski definition) is 7. The van der Waals surface area contributed by atoms with Gasteiger partial charge in [-0.25, -0.2) is 4.79 Å². The van der Waals surface area contributed by atoms with Crippen LogP contribution in [0.1, 0.15) is 60.3 Å². The average Bonchev–Trinajstić information content (AvgIpc) is 3.26.